The van der Waals surface area contributed by atoms with Crippen molar-refractivity contribution in [3.63, 3.8) is 0 Å². The van der Waals surface area contributed by atoms with E-state index in [9.17, 15) is 14.4 Å². The fourth-order valence-electron chi connectivity index (χ4n) is 1.27. The van der Waals surface area contributed by atoms with Crippen molar-refractivity contribution in [3.05, 3.63) is 21.0 Å². The Hall–Kier alpha value is -1.79. The Bertz CT molecular complexity index is 414. The summed E-state index contributed by atoms with van der Waals surface area (Å²) in [5.74, 6) is -0.909. The summed E-state index contributed by atoms with van der Waals surface area (Å²) in [7, 11) is 0. The Morgan fingerprint density at radius 2 is 1.93 bits per heavy atom. The Kier molecular flexibility index (Phi) is 3.48. The van der Waals surface area contributed by atoms with E-state index in [-0.39, 0.29) is 18.9 Å². The quantitative estimate of drug-likeness (QED) is 0.607. The van der Waals surface area contributed by atoms with Gasteiger partial charge in [-0.2, -0.15) is 0 Å². The van der Waals surface area contributed by atoms with Crippen LogP contribution >= 0.6 is 0 Å². The van der Waals surface area contributed by atoms with E-state index in [1.807, 2.05) is 0 Å². The molecule has 0 aromatic carbocycles. The largest absolute Gasteiger partial charge is 0.481 e. The molecule has 84 valence electrons. The first-order valence-electron chi connectivity index (χ1n) is 4.60. The van der Waals surface area contributed by atoms with Crippen molar-refractivity contribution in [2.75, 3.05) is 0 Å². The van der Waals surface area contributed by atoms with Crippen LogP contribution in [0.2, 0.25) is 0 Å². The van der Waals surface area contributed by atoms with Crippen molar-refractivity contribution in [1.82, 2.24) is 14.8 Å². The van der Waals surface area contributed by atoms with Crippen LogP contribution in [0.4, 0.5) is 0 Å². The van der Waals surface area contributed by atoms with Crippen LogP contribution in [0.5, 0.6) is 0 Å². The highest BCUT2D eigenvalue weighted by Gasteiger charge is 2.10. The molecule has 3 N–H and O–H groups in total. The lowest BCUT2D eigenvalue weighted by Crippen LogP contribution is -2.29. The van der Waals surface area contributed by atoms with Crippen LogP contribution in [0.25, 0.3) is 0 Å². The van der Waals surface area contributed by atoms with Crippen LogP contribution in [-0.2, 0) is 11.3 Å². The van der Waals surface area contributed by atoms with Gasteiger partial charge >= 0.3 is 17.3 Å². The van der Waals surface area contributed by atoms with E-state index in [2.05, 4.69) is 10.2 Å². The topological polar surface area (TPSA) is 108 Å². The molecule has 0 radical (unpaired) electrons. The van der Waals surface area contributed by atoms with E-state index in [4.69, 9.17) is 5.11 Å². The number of carboxylic acid groups (broad SMARTS) is 1. The molecule has 1 rings (SSSR count). The van der Waals surface area contributed by atoms with Crippen molar-refractivity contribution in [3.8, 4) is 0 Å². The van der Waals surface area contributed by atoms with Gasteiger partial charge in [-0.05, 0) is 12.3 Å². The predicted molar refractivity (Wildman–Crippen MR) is 51.7 cm³/mol. The highest BCUT2D eigenvalue weighted by atomic mass is 16.4. The summed E-state index contributed by atoms with van der Waals surface area (Å²) in [6, 6.07) is 0. The van der Waals surface area contributed by atoms with Crippen LogP contribution in [0, 0.1) is 5.92 Å². The maximum absolute atomic E-state index is 11.1. The van der Waals surface area contributed by atoms with E-state index in [0.29, 0.717) is 6.42 Å². The minimum absolute atomic E-state index is 0.0318. The number of aliphatic carboxylic acids is 1. The Labute approximate surface area is 84.7 Å². The summed E-state index contributed by atoms with van der Waals surface area (Å²) >= 11 is 0. The predicted octanol–water partition coefficient (Wildman–Crippen LogP) is -0.634. The average Bonchev–Trinajstić information content (AvgIpc) is 2.46. The van der Waals surface area contributed by atoms with E-state index < -0.39 is 17.3 Å². The molecule has 1 aromatic heterocycles. The van der Waals surface area contributed by atoms with Crippen LogP contribution in [0.15, 0.2) is 9.59 Å². The van der Waals surface area contributed by atoms with Gasteiger partial charge in [-0.25, -0.2) is 24.4 Å². The molecule has 0 bridgehead atoms. The Morgan fingerprint density at radius 1 is 1.40 bits per heavy atom. The maximum Gasteiger partial charge on any atom is 0.344 e. The van der Waals surface area contributed by atoms with Crippen molar-refractivity contribution in [1.29, 1.82) is 0 Å². The van der Waals surface area contributed by atoms with Crippen molar-refractivity contribution in [2.45, 2.75) is 26.3 Å². The van der Waals surface area contributed by atoms with Crippen LogP contribution in [-0.4, -0.2) is 25.8 Å². The van der Waals surface area contributed by atoms with Gasteiger partial charge in [0.2, 0.25) is 0 Å². The fourth-order valence-corrected chi connectivity index (χ4v) is 1.27. The lowest BCUT2D eigenvalue weighted by molar-refractivity contribution is -0.137. The number of nitrogens with zero attached hydrogens (tertiary/aromatic N) is 1. The van der Waals surface area contributed by atoms with Gasteiger partial charge in [0.05, 0.1) is 0 Å². The van der Waals surface area contributed by atoms with Crippen molar-refractivity contribution in [2.24, 2.45) is 5.92 Å². The van der Waals surface area contributed by atoms with Crippen LogP contribution in [0.3, 0.4) is 0 Å². The molecular weight excluding hydrogens is 202 g/mol. The monoisotopic (exact) mass is 215 g/mol. The summed E-state index contributed by atoms with van der Waals surface area (Å²) in [6.45, 7) is 2.02. The second kappa shape index (κ2) is 4.63. The zero-order valence-electron chi connectivity index (χ0n) is 8.32. The fraction of sp³-hybridized carbons (Fsp3) is 0.625. The molecule has 0 aliphatic rings. The molecule has 15 heavy (non-hydrogen) atoms. The summed E-state index contributed by atoms with van der Waals surface area (Å²) in [5, 5.41) is 12.8. The summed E-state index contributed by atoms with van der Waals surface area (Å²) in [6.07, 6.45) is 0.477. The molecule has 0 aliphatic carbocycles. The van der Waals surface area contributed by atoms with Crippen molar-refractivity contribution < 1.29 is 9.90 Å². The molecule has 0 amide bonds. The second-order valence-electron chi connectivity index (χ2n) is 3.51. The van der Waals surface area contributed by atoms with Gasteiger partial charge < -0.3 is 5.11 Å². The smallest absolute Gasteiger partial charge is 0.344 e. The summed E-state index contributed by atoms with van der Waals surface area (Å²) in [5.41, 5.74) is -0.996. The molecule has 1 atom stereocenters. The van der Waals surface area contributed by atoms with Gasteiger partial charge in [0.15, 0.2) is 0 Å². The van der Waals surface area contributed by atoms with Gasteiger partial charge in [-0.15, -0.1) is 0 Å². The molecule has 0 aliphatic heterocycles. The Balaban J connectivity index is 2.59. The first kappa shape index (κ1) is 11.3. The maximum atomic E-state index is 11.1. The number of nitrogens with one attached hydrogen (secondary N) is 2. The highest BCUT2D eigenvalue weighted by molar-refractivity contribution is 5.66. The first-order chi connectivity index (χ1) is 7.00. The number of hydrogen-bond acceptors (Lipinski definition) is 3. The molecule has 1 heterocycles. The number of rotatable bonds is 5. The van der Waals surface area contributed by atoms with Gasteiger partial charge in [-0.1, -0.05) is 6.92 Å². The lowest BCUT2D eigenvalue weighted by atomic mass is 10.1. The van der Waals surface area contributed by atoms with E-state index in [0.717, 1.165) is 4.57 Å². The summed E-state index contributed by atoms with van der Waals surface area (Å²) < 4.78 is 1.02. The molecule has 1 unspecified atom stereocenters. The number of aromatic amines is 2. The standard InChI is InChI=1S/C8H13N3O4/c1-5(2-3-6(12)13)4-11-7(14)9-10-8(11)15/h5H,2-4H2,1H3,(H,9,14)(H,10,15)(H,12,13). The normalized spacial score (nSPS) is 12.6. The van der Waals surface area contributed by atoms with Gasteiger partial charge in [0.1, 0.15) is 0 Å². The zero-order valence-corrected chi connectivity index (χ0v) is 8.32. The molecule has 0 fully saturated rings. The van der Waals surface area contributed by atoms with Crippen LogP contribution < -0.4 is 11.4 Å². The van der Waals surface area contributed by atoms with E-state index in [1.165, 1.54) is 0 Å². The number of aromatic nitrogens is 3. The van der Waals surface area contributed by atoms with E-state index >= 15 is 0 Å². The van der Waals surface area contributed by atoms with Gasteiger partial charge in [-0.3, -0.25) is 4.79 Å². The molecule has 7 heteroatoms. The molecule has 7 nitrogen and oxygen atoms in total. The third kappa shape index (κ3) is 3.12. The number of carboxylic acids is 1. The SMILES string of the molecule is CC(CCC(=O)O)Cn1c(=O)[nH][nH]c1=O. The average molecular weight is 215 g/mol. The third-order valence-corrected chi connectivity index (χ3v) is 2.11. The summed E-state index contributed by atoms with van der Waals surface area (Å²) in [4.78, 5) is 32.4. The number of H-pyrrole nitrogens is 2. The minimum atomic E-state index is -0.878. The lowest BCUT2D eigenvalue weighted by Gasteiger charge is -2.08. The number of hydrogen-bond donors (Lipinski definition) is 3. The van der Waals surface area contributed by atoms with Crippen molar-refractivity contribution >= 4 is 5.97 Å². The van der Waals surface area contributed by atoms with E-state index in [1.54, 1.807) is 6.92 Å². The third-order valence-electron chi connectivity index (χ3n) is 2.11. The molecular formula is C8H13N3O4. The van der Waals surface area contributed by atoms with Crippen LogP contribution in [0.1, 0.15) is 19.8 Å². The molecule has 0 saturated carbocycles. The first-order valence-corrected chi connectivity index (χ1v) is 4.60. The highest BCUT2D eigenvalue weighted by Crippen LogP contribution is 2.06. The molecule has 0 spiro atoms. The number of carbonyl (C=O) groups is 1. The second-order valence-corrected chi connectivity index (χ2v) is 3.51. The van der Waals surface area contributed by atoms with Gasteiger partial charge in [0.25, 0.3) is 0 Å². The molecule has 0 saturated heterocycles. The minimum Gasteiger partial charge on any atom is -0.481 e. The Morgan fingerprint density at radius 3 is 2.40 bits per heavy atom. The molecule has 1 aromatic rings. The van der Waals surface area contributed by atoms with Gasteiger partial charge in [0, 0.05) is 13.0 Å². The zero-order chi connectivity index (χ0) is 11.4.